The number of hydrogen-bond acceptors (Lipinski definition) is 3. The van der Waals surface area contributed by atoms with Crippen LogP contribution < -0.4 is 5.73 Å². The van der Waals surface area contributed by atoms with Crippen molar-refractivity contribution in [2.75, 3.05) is 6.54 Å². The number of aliphatic hydroxyl groups excluding tert-OH is 1. The third-order valence-electron chi connectivity index (χ3n) is 3.62. The van der Waals surface area contributed by atoms with Crippen LogP contribution in [-0.4, -0.2) is 22.7 Å². The molecule has 0 amide bonds. The Morgan fingerprint density at radius 2 is 2.12 bits per heavy atom. The van der Waals surface area contributed by atoms with Crippen LogP contribution in [0.2, 0.25) is 0 Å². The predicted octanol–water partition coefficient (Wildman–Crippen LogP) is 1.98. The summed E-state index contributed by atoms with van der Waals surface area (Å²) in [5.41, 5.74) is 7.14. The zero-order valence-corrected chi connectivity index (χ0v) is 10.8. The van der Waals surface area contributed by atoms with E-state index in [1.807, 2.05) is 6.20 Å². The van der Waals surface area contributed by atoms with E-state index in [4.69, 9.17) is 5.73 Å². The van der Waals surface area contributed by atoms with Crippen molar-refractivity contribution in [2.45, 2.75) is 37.2 Å². The Balaban J connectivity index is 2.28. The Hall–Kier alpha value is -0.450. The molecule has 1 heterocycles. The molecule has 0 aromatic carbocycles. The predicted molar refractivity (Wildman–Crippen MR) is 67.1 cm³/mol. The molecule has 0 bridgehead atoms. The van der Waals surface area contributed by atoms with E-state index in [1.165, 1.54) is 5.56 Å². The van der Waals surface area contributed by atoms with E-state index in [0.717, 1.165) is 30.2 Å². The highest BCUT2D eigenvalue weighted by atomic mass is 79.9. The minimum Gasteiger partial charge on any atom is -0.393 e. The van der Waals surface area contributed by atoms with Crippen LogP contribution in [0.25, 0.3) is 0 Å². The van der Waals surface area contributed by atoms with Gasteiger partial charge in [-0.05, 0) is 53.2 Å². The second-order valence-electron chi connectivity index (χ2n) is 4.61. The fraction of sp³-hybridized carbons (Fsp3) is 0.583. The number of hydrogen-bond donors (Lipinski definition) is 2. The van der Waals surface area contributed by atoms with Gasteiger partial charge in [0.1, 0.15) is 0 Å². The zero-order valence-electron chi connectivity index (χ0n) is 9.19. The molecule has 0 saturated heterocycles. The number of aromatic nitrogens is 1. The molecular weight excluding hydrogens is 268 g/mol. The molecule has 1 saturated carbocycles. The average Bonchev–Trinajstić information content (AvgIpc) is 2.31. The van der Waals surface area contributed by atoms with Crippen LogP contribution in [0.4, 0.5) is 0 Å². The summed E-state index contributed by atoms with van der Waals surface area (Å²) in [7, 11) is 0. The lowest BCUT2D eigenvalue weighted by Crippen LogP contribution is -2.40. The maximum Gasteiger partial charge on any atom is 0.0541 e. The van der Waals surface area contributed by atoms with Crippen molar-refractivity contribution < 1.29 is 5.11 Å². The second kappa shape index (κ2) is 4.82. The molecule has 4 heteroatoms. The van der Waals surface area contributed by atoms with Crippen LogP contribution in [0.5, 0.6) is 0 Å². The van der Waals surface area contributed by atoms with Gasteiger partial charge in [-0.15, -0.1) is 0 Å². The highest BCUT2D eigenvalue weighted by Crippen LogP contribution is 2.39. The zero-order chi connectivity index (χ0) is 11.6. The Labute approximate surface area is 104 Å². The maximum atomic E-state index is 9.57. The molecule has 3 nitrogen and oxygen atoms in total. The molecule has 88 valence electrons. The highest BCUT2D eigenvalue weighted by Gasteiger charge is 2.35. The van der Waals surface area contributed by atoms with E-state index in [-0.39, 0.29) is 11.5 Å². The molecule has 0 spiro atoms. The van der Waals surface area contributed by atoms with Gasteiger partial charge in [0.15, 0.2) is 0 Å². The van der Waals surface area contributed by atoms with E-state index in [2.05, 4.69) is 27.0 Å². The normalized spacial score (nSPS) is 30.3. The van der Waals surface area contributed by atoms with Gasteiger partial charge in [0, 0.05) is 28.8 Å². The van der Waals surface area contributed by atoms with Gasteiger partial charge < -0.3 is 10.8 Å². The molecule has 0 atom stereocenters. The standard InChI is InChI=1S/C12H17BrN2O/c13-10-5-9(6-15-7-10)12(8-14)3-1-11(16)2-4-12/h5-7,11,16H,1-4,8,14H2. The summed E-state index contributed by atoms with van der Waals surface area (Å²) in [6.45, 7) is 0.623. The average molecular weight is 285 g/mol. The van der Waals surface area contributed by atoms with Crippen molar-refractivity contribution in [3.8, 4) is 0 Å². The minimum atomic E-state index is -0.153. The Bertz CT molecular complexity index is 362. The molecule has 0 unspecified atom stereocenters. The molecular formula is C12H17BrN2O. The van der Waals surface area contributed by atoms with Gasteiger partial charge in [0.2, 0.25) is 0 Å². The fourth-order valence-corrected chi connectivity index (χ4v) is 2.83. The highest BCUT2D eigenvalue weighted by molar-refractivity contribution is 9.10. The minimum absolute atomic E-state index is 0.00993. The van der Waals surface area contributed by atoms with Crippen molar-refractivity contribution in [1.29, 1.82) is 0 Å². The number of nitrogens with zero attached hydrogens (tertiary/aromatic N) is 1. The molecule has 0 aliphatic heterocycles. The Kier molecular flexibility index (Phi) is 3.62. The first-order valence-electron chi connectivity index (χ1n) is 5.65. The molecule has 1 aliphatic rings. The number of aliphatic hydroxyl groups is 1. The van der Waals surface area contributed by atoms with Crippen molar-refractivity contribution in [3.05, 3.63) is 28.5 Å². The monoisotopic (exact) mass is 284 g/mol. The summed E-state index contributed by atoms with van der Waals surface area (Å²) >= 11 is 3.44. The van der Waals surface area contributed by atoms with Gasteiger partial charge >= 0.3 is 0 Å². The molecule has 3 N–H and O–H groups in total. The van der Waals surface area contributed by atoms with Crippen LogP contribution in [0.15, 0.2) is 22.9 Å². The second-order valence-corrected chi connectivity index (χ2v) is 5.52. The molecule has 1 fully saturated rings. The SMILES string of the molecule is NCC1(c2cncc(Br)c2)CCC(O)CC1. The topological polar surface area (TPSA) is 59.1 Å². The maximum absolute atomic E-state index is 9.57. The van der Waals surface area contributed by atoms with E-state index in [9.17, 15) is 5.11 Å². The number of pyridine rings is 1. The van der Waals surface area contributed by atoms with E-state index < -0.39 is 0 Å². The number of rotatable bonds is 2. The van der Waals surface area contributed by atoms with Crippen LogP contribution in [0.3, 0.4) is 0 Å². The fourth-order valence-electron chi connectivity index (χ4n) is 2.47. The number of halogens is 1. The molecule has 1 aromatic rings. The van der Waals surface area contributed by atoms with E-state index in [1.54, 1.807) is 6.20 Å². The van der Waals surface area contributed by atoms with Crippen molar-refractivity contribution >= 4 is 15.9 Å². The van der Waals surface area contributed by atoms with Crippen LogP contribution in [0, 0.1) is 0 Å². The molecule has 16 heavy (non-hydrogen) atoms. The van der Waals surface area contributed by atoms with Crippen LogP contribution in [0.1, 0.15) is 31.2 Å². The first-order valence-corrected chi connectivity index (χ1v) is 6.45. The summed E-state index contributed by atoms with van der Waals surface area (Å²) in [5, 5.41) is 9.57. The van der Waals surface area contributed by atoms with Gasteiger partial charge in [-0.25, -0.2) is 0 Å². The summed E-state index contributed by atoms with van der Waals surface area (Å²) in [6, 6.07) is 2.09. The molecule has 1 aromatic heterocycles. The van der Waals surface area contributed by atoms with Gasteiger partial charge in [0.05, 0.1) is 6.10 Å². The summed E-state index contributed by atoms with van der Waals surface area (Å²) in [4.78, 5) is 4.21. The lowest BCUT2D eigenvalue weighted by Gasteiger charge is -2.38. The summed E-state index contributed by atoms with van der Waals surface area (Å²) < 4.78 is 0.990. The quantitative estimate of drug-likeness (QED) is 0.873. The molecule has 0 radical (unpaired) electrons. The smallest absolute Gasteiger partial charge is 0.0541 e. The van der Waals surface area contributed by atoms with Crippen molar-refractivity contribution in [3.63, 3.8) is 0 Å². The van der Waals surface area contributed by atoms with Gasteiger partial charge in [0.25, 0.3) is 0 Å². The van der Waals surface area contributed by atoms with Crippen LogP contribution >= 0.6 is 15.9 Å². The molecule has 1 aliphatic carbocycles. The van der Waals surface area contributed by atoms with E-state index in [0.29, 0.717) is 6.54 Å². The number of nitrogens with two attached hydrogens (primary N) is 1. The first kappa shape index (κ1) is 12.0. The third-order valence-corrected chi connectivity index (χ3v) is 4.05. The first-order chi connectivity index (χ1) is 7.66. The summed E-state index contributed by atoms with van der Waals surface area (Å²) in [5.74, 6) is 0. The lowest BCUT2D eigenvalue weighted by molar-refractivity contribution is 0.0973. The van der Waals surface area contributed by atoms with Gasteiger partial charge in [-0.2, -0.15) is 0 Å². The van der Waals surface area contributed by atoms with Gasteiger partial charge in [-0.3, -0.25) is 4.98 Å². The van der Waals surface area contributed by atoms with E-state index >= 15 is 0 Å². The lowest BCUT2D eigenvalue weighted by atomic mass is 9.69. The third kappa shape index (κ3) is 2.29. The Morgan fingerprint density at radius 3 is 2.69 bits per heavy atom. The van der Waals surface area contributed by atoms with Crippen molar-refractivity contribution in [1.82, 2.24) is 4.98 Å². The van der Waals surface area contributed by atoms with Crippen LogP contribution in [-0.2, 0) is 5.41 Å². The largest absolute Gasteiger partial charge is 0.393 e. The van der Waals surface area contributed by atoms with Gasteiger partial charge in [-0.1, -0.05) is 0 Å². The Morgan fingerprint density at radius 1 is 1.44 bits per heavy atom. The summed E-state index contributed by atoms with van der Waals surface area (Å²) in [6.07, 6.45) is 7.10. The van der Waals surface area contributed by atoms with Crippen molar-refractivity contribution in [2.24, 2.45) is 5.73 Å². The molecule has 2 rings (SSSR count).